The average molecular weight is 317 g/mol. The SMILES string of the molecule is Cc1ccccc1C([Si]C1CC2C=CC1C2)c1ccccc1C. The topological polar surface area (TPSA) is 0 Å². The van der Waals surface area contributed by atoms with Crippen LogP contribution in [-0.2, 0) is 0 Å². The first-order valence-corrected chi connectivity index (χ1v) is 9.93. The molecule has 0 aromatic heterocycles. The highest BCUT2D eigenvalue weighted by Crippen LogP contribution is 2.48. The summed E-state index contributed by atoms with van der Waals surface area (Å²) in [5, 5.41) is 0. The van der Waals surface area contributed by atoms with Crippen molar-refractivity contribution in [3.63, 3.8) is 0 Å². The summed E-state index contributed by atoms with van der Waals surface area (Å²) in [6, 6.07) is 18.0. The first-order valence-electron chi connectivity index (χ1n) is 8.78. The smallest absolute Gasteiger partial charge is 0.0576 e. The highest BCUT2D eigenvalue weighted by atomic mass is 28.2. The highest BCUT2D eigenvalue weighted by molar-refractivity contribution is 6.41. The molecule has 1 heteroatoms. The Hall–Kier alpha value is -1.60. The summed E-state index contributed by atoms with van der Waals surface area (Å²) in [5.74, 6) is 1.71. The minimum absolute atomic E-state index is 0.565. The van der Waals surface area contributed by atoms with Crippen LogP contribution in [0, 0.1) is 25.7 Å². The third kappa shape index (κ3) is 2.83. The fourth-order valence-electron chi connectivity index (χ4n) is 4.35. The maximum absolute atomic E-state index is 2.50. The Bertz CT molecular complexity index is 685. The van der Waals surface area contributed by atoms with Crippen LogP contribution in [0.4, 0.5) is 0 Å². The van der Waals surface area contributed by atoms with Crippen LogP contribution in [0.1, 0.15) is 40.6 Å². The van der Waals surface area contributed by atoms with Gasteiger partial charge in [0.25, 0.3) is 0 Å². The molecule has 1 fully saturated rings. The van der Waals surface area contributed by atoms with Gasteiger partial charge < -0.3 is 0 Å². The van der Waals surface area contributed by atoms with Crippen molar-refractivity contribution in [3.05, 3.63) is 82.9 Å². The van der Waals surface area contributed by atoms with Crippen LogP contribution in [0.25, 0.3) is 0 Å². The van der Waals surface area contributed by atoms with E-state index in [1.165, 1.54) is 35.1 Å². The van der Waals surface area contributed by atoms with Crippen molar-refractivity contribution < 1.29 is 0 Å². The van der Waals surface area contributed by atoms with Crippen LogP contribution in [0.15, 0.2) is 60.7 Å². The first-order chi connectivity index (χ1) is 11.2. The van der Waals surface area contributed by atoms with Crippen molar-refractivity contribution in [1.82, 2.24) is 0 Å². The Kier molecular flexibility index (Phi) is 3.98. The second kappa shape index (κ2) is 6.12. The monoisotopic (exact) mass is 316 g/mol. The van der Waals surface area contributed by atoms with Gasteiger partial charge in [-0.3, -0.25) is 0 Å². The van der Waals surface area contributed by atoms with Crippen molar-refractivity contribution in [2.24, 2.45) is 11.8 Å². The number of fused-ring (bicyclic) bond motifs is 2. The average Bonchev–Trinajstić information content (AvgIpc) is 3.17. The van der Waals surface area contributed by atoms with E-state index in [4.69, 9.17) is 0 Å². The van der Waals surface area contributed by atoms with Crippen LogP contribution in [-0.4, -0.2) is 9.52 Å². The largest absolute Gasteiger partial charge is 0.0851 e. The van der Waals surface area contributed by atoms with E-state index in [2.05, 4.69) is 74.5 Å². The van der Waals surface area contributed by atoms with Crippen LogP contribution in [0.2, 0.25) is 5.54 Å². The molecule has 2 aliphatic carbocycles. The molecule has 0 spiro atoms. The molecule has 116 valence electrons. The van der Waals surface area contributed by atoms with Crippen LogP contribution >= 0.6 is 0 Å². The zero-order chi connectivity index (χ0) is 15.8. The van der Waals surface area contributed by atoms with Gasteiger partial charge in [-0.25, -0.2) is 0 Å². The molecule has 2 aromatic carbocycles. The molecule has 2 radical (unpaired) electrons. The molecule has 0 aliphatic heterocycles. The molecule has 2 aliphatic rings. The van der Waals surface area contributed by atoms with E-state index in [-0.39, 0.29) is 0 Å². The third-order valence-electron chi connectivity index (χ3n) is 5.66. The fraction of sp³-hybridized carbons (Fsp3) is 0.364. The van der Waals surface area contributed by atoms with Crippen LogP contribution in [0.3, 0.4) is 0 Å². The lowest BCUT2D eigenvalue weighted by Crippen LogP contribution is -2.20. The van der Waals surface area contributed by atoms with Gasteiger partial charge in [0.05, 0.1) is 9.52 Å². The molecule has 2 bridgehead atoms. The molecular weight excluding hydrogens is 292 g/mol. The summed E-state index contributed by atoms with van der Waals surface area (Å²) in [4.78, 5) is 0. The van der Waals surface area contributed by atoms with Gasteiger partial charge in [-0.15, -0.1) is 0 Å². The molecule has 23 heavy (non-hydrogen) atoms. The zero-order valence-electron chi connectivity index (χ0n) is 14.0. The highest BCUT2D eigenvalue weighted by Gasteiger charge is 2.37. The van der Waals surface area contributed by atoms with Crippen LogP contribution in [0.5, 0.6) is 0 Å². The molecule has 3 unspecified atom stereocenters. The maximum Gasteiger partial charge on any atom is 0.0576 e. The minimum Gasteiger partial charge on any atom is -0.0851 e. The first kappa shape index (κ1) is 15.0. The summed E-state index contributed by atoms with van der Waals surface area (Å²) in [7, 11) is 0.991. The van der Waals surface area contributed by atoms with Gasteiger partial charge in [0.15, 0.2) is 0 Å². The van der Waals surface area contributed by atoms with Crippen molar-refractivity contribution in [2.75, 3.05) is 0 Å². The molecule has 4 rings (SSSR count). The number of hydrogen-bond acceptors (Lipinski definition) is 0. The molecule has 0 heterocycles. The number of allylic oxidation sites excluding steroid dienone is 2. The predicted molar refractivity (Wildman–Crippen MR) is 99.1 cm³/mol. The zero-order valence-corrected chi connectivity index (χ0v) is 15.0. The van der Waals surface area contributed by atoms with E-state index in [9.17, 15) is 0 Å². The van der Waals surface area contributed by atoms with E-state index in [0.717, 1.165) is 26.9 Å². The standard InChI is InChI=1S/C22H24Si/c1-15-7-3-5-9-19(15)22(20-10-6-4-8-16(20)2)23-21-14-17-11-12-18(21)13-17/h3-12,17-18,21-22H,13-14H2,1-2H3. The van der Waals surface area contributed by atoms with Crippen molar-refractivity contribution in [1.29, 1.82) is 0 Å². The summed E-state index contributed by atoms with van der Waals surface area (Å²) in [5.41, 5.74) is 7.39. The molecule has 3 atom stereocenters. The second-order valence-electron chi connectivity index (χ2n) is 7.20. The molecule has 0 N–H and O–H groups in total. The van der Waals surface area contributed by atoms with Gasteiger partial charge in [0.2, 0.25) is 0 Å². The summed E-state index contributed by atoms with van der Waals surface area (Å²) < 4.78 is 0. The molecule has 2 aromatic rings. The number of aryl methyl sites for hydroxylation is 2. The van der Waals surface area contributed by atoms with E-state index in [1.54, 1.807) is 0 Å². The Morgan fingerprint density at radius 1 is 0.826 bits per heavy atom. The molecule has 0 saturated heterocycles. The van der Waals surface area contributed by atoms with Gasteiger partial charge in [-0.1, -0.05) is 60.7 Å². The Morgan fingerprint density at radius 2 is 1.43 bits per heavy atom. The second-order valence-corrected chi connectivity index (χ2v) is 8.85. The van der Waals surface area contributed by atoms with Crippen LogP contribution < -0.4 is 0 Å². The van der Waals surface area contributed by atoms with Gasteiger partial charge in [-0.05, 0) is 71.9 Å². The Morgan fingerprint density at radius 3 is 1.91 bits per heavy atom. The normalized spacial score (nSPS) is 25.4. The van der Waals surface area contributed by atoms with Gasteiger partial charge in [0, 0.05) is 0 Å². The van der Waals surface area contributed by atoms with Crippen molar-refractivity contribution >= 4 is 9.52 Å². The lowest BCUT2D eigenvalue weighted by molar-refractivity contribution is 0.684. The Balaban J connectivity index is 1.71. The number of rotatable bonds is 4. The van der Waals surface area contributed by atoms with Gasteiger partial charge >= 0.3 is 0 Å². The maximum atomic E-state index is 2.50. The fourth-order valence-corrected chi connectivity index (χ4v) is 6.72. The van der Waals surface area contributed by atoms with E-state index < -0.39 is 0 Å². The molecule has 0 amide bonds. The van der Waals surface area contributed by atoms with E-state index in [0.29, 0.717) is 5.54 Å². The van der Waals surface area contributed by atoms with E-state index >= 15 is 0 Å². The van der Waals surface area contributed by atoms with E-state index in [1.807, 2.05) is 0 Å². The molecular formula is C22H24Si. The van der Waals surface area contributed by atoms with Gasteiger partial charge in [0.1, 0.15) is 0 Å². The quantitative estimate of drug-likeness (QED) is 0.517. The van der Waals surface area contributed by atoms with Gasteiger partial charge in [-0.2, -0.15) is 0 Å². The lowest BCUT2D eigenvalue weighted by Gasteiger charge is -2.27. The summed E-state index contributed by atoms with van der Waals surface area (Å²) >= 11 is 0. The molecule has 1 saturated carbocycles. The molecule has 0 nitrogen and oxygen atoms in total. The third-order valence-corrected chi connectivity index (χ3v) is 7.71. The summed E-state index contributed by atoms with van der Waals surface area (Å²) in [6.07, 6.45) is 7.78. The van der Waals surface area contributed by atoms with Crippen molar-refractivity contribution in [3.8, 4) is 0 Å². The number of benzene rings is 2. The van der Waals surface area contributed by atoms with Crippen molar-refractivity contribution in [2.45, 2.75) is 37.8 Å². The summed E-state index contributed by atoms with van der Waals surface area (Å²) in [6.45, 7) is 4.54. The number of hydrogen-bond donors (Lipinski definition) is 0. The predicted octanol–water partition coefficient (Wildman–Crippen LogP) is 5.48. The minimum atomic E-state index is 0.565. The lowest BCUT2D eigenvalue weighted by atomic mass is 9.97. The Labute approximate surface area is 142 Å².